The lowest BCUT2D eigenvalue weighted by molar-refractivity contribution is 0.422. The number of hydrogen-bond acceptors (Lipinski definition) is 3. The summed E-state index contributed by atoms with van der Waals surface area (Å²) in [4.78, 5) is 24.6. The normalized spacial score (nSPS) is 10.6. The molecule has 2 N–H and O–H groups in total. The van der Waals surface area contributed by atoms with Gasteiger partial charge in [0.2, 0.25) is 5.88 Å². The van der Waals surface area contributed by atoms with E-state index in [0.717, 1.165) is 18.2 Å². The van der Waals surface area contributed by atoms with Crippen molar-refractivity contribution in [1.82, 2.24) is 9.55 Å². The van der Waals surface area contributed by atoms with Crippen molar-refractivity contribution in [3.63, 3.8) is 0 Å². The first-order valence-electron chi connectivity index (χ1n) is 4.92. The average molecular weight is 254 g/mol. The van der Waals surface area contributed by atoms with Crippen molar-refractivity contribution in [2.45, 2.75) is 6.92 Å². The van der Waals surface area contributed by atoms with Crippen LogP contribution in [0.5, 0.6) is 5.88 Å². The maximum absolute atomic E-state index is 13.5. The second-order valence-corrected chi connectivity index (χ2v) is 3.64. The molecule has 0 aliphatic rings. The topological polar surface area (TPSA) is 75.1 Å². The molecule has 5 nitrogen and oxygen atoms in total. The number of halogens is 2. The predicted molar refractivity (Wildman–Crippen MR) is 59.0 cm³/mol. The van der Waals surface area contributed by atoms with Crippen molar-refractivity contribution in [2.75, 3.05) is 0 Å². The van der Waals surface area contributed by atoms with Crippen molar-refractivity contribution < 1.29 is 13.9 Å². The van der Waals surface area contributed by atoms with Gasteiger partial charge >= 0.3 is 5.69 Å². The summed E-state index contributed by atoms with van der Waals surface area (Å²) in [6.07, 6.45) is 0. The molecule has 0 aliphatic heterocycles. The van der Waals surface area contributed by atoms with Crippen LogP contribution >= 0.6 is 0 Å². The van der Waals surface area contributed by atoms with Gasteiger partial charge in [-0.2, -0.15) is 0 Å². The van der Waals surface area contributed by atoms with Crippen molar-refractivity contribution in [2.24, 2.45) is 0 Å². The molecule has 2 rings (SSSR count). The third-order valence-electron chi connectivity index (χ3n) is 2.46. The monoisotopic (exact) mass is 254 g/mol. The Morgan fingerprint density at radius 2 is 1.94 bits per heavy atom. The zero-order chi connectivity index (χ0) is 13.4. The zero-order valence-electron chi connectivity index (χ0n) is 9.20. The molecular formula is C11H8F2N2O3. The van der Waals surface area contributed by atoms with Crippen LogP contribution in [0.4, 0.5) is 8.78 Å². The van der Waals surface area contributed by atoms with Gasteiger partial charge in [-0.3, -0.25) is 9.78 Å². The lowest BCUT2D eigenvalue weighted by Gasteiger charge is -2.10. The second kappa shape index (κ2) is 4.10. The van der Waals surface area contributed by atoms with Crippen molar-refractivity contribution in [3.8, 4) is 11.6 Å². The summed E-state index contributed by atoms with van der Waals surface area (Å²) in [5, 5.41) is 9.68. The Balaban J connectivity index is 2.88. The van der Waals surface area contributed by atoms with Gasteiger partial charge in [-0.1, -0.05) is 0 Å². The summed E-state index contributed by atoms with van der Waals surface area (Å²) in [5.41, 5.74) is -2.48. The summed E-state index contributed by atoms with van der Waals surface area (Å²) >= 11 is 0. The summed E-state index contributed by atoms with van der Waals surface area (Å²) in [5.74, 6) is -2.41. The lowest BCUT2D eigenvalue weighted by atomic mass is 10.2. The Kier molecular flexibility index (Phi) is 2.74. The van der Waals surface area contributed by atoms with E-state index in [0.29, 0.717) is 4.57 Å². The van der Waals surface area contributed by atoms with E-state index < -0.39 is 34.5 Å². The average Bonchev–Trinajstić information content (AvgIpc) is 2.31. The molecule has 0 fully saturated rings. The fourth-order valence-electron chi connectivity index (χ4n) is 1.49. The highest BCUT2D eigenvalue weighted by Crippen LogP contribution is 2.19. The largest absolute Gasteiger partial charge is 0.494 e. The van der Waals surface area contributed by atoms with Crippen molar-refractivity contribution in [1.29, 1.82) is 0 Å². The molecule has 0 saturated heterocycles. The van der Waals surface area contributed by atoms with Gasteiger partial charge in [-0.25, -0.2) is 18.1 Å². The Bertz CT molecular complexity index is 734. The van der Waals surface area contributed by atoms with Crippen molar-refractivity contribution in [3.05, 3.63) is 56.2 Å². The van der Waals surface area contributed by atoms with Gasteiger partial charge in [0.05, 0.1) is 11.3 Å². The SMILES string of the molecule is Cc1c(O)n(-c2cc(F)ccc2F)c(=O)[nH]c1=O. The molecule has 0 radical (unpaired) electrons. The molecular weight excluding hydrogens is 246 g/mol. The Morgan fingerprint density at radius 1 is 1.28 bits per heavy atom. The Morgan fingerprint density at radius 3 is 2.61 bits per heavy atom. The van der Waals surface area contributed by atoms with Gasteiger partial charge < -0.3 is 5.11 Å². The van der Waals surface area contributed by atoms with Gasteiger partial charge in [0, 0.05) is 6.07 Å². The number of rotatable bonds is 1. The minimum Gasteiger partial charge on any atom is -0.494 e. The maximum Gasteiger partial charge on any atom is 0.335 e. The number of hydrogen-bond donors (Lipinski definition) is 2. The fraction of sp³-hybridized carbons (Fsp3) is 0.0909. The predicted octanol–water partition coefficient (Wildman–Crippen LogP) is 0.818. The zero-order valence-corrected chi connectivity index (χ0v) is 9.20. The molecule has 1 aromatic carbocycles. The number of aromatic amines is 1. The number of benzene rings is 1. The molecule has 0 bridgehead atoms. The third-order valence-corrected chi connectivity index (χ3v) is 2.46. The Hall–Kier alpha value is -2.44. The maximum atomic E-state index is 13.5. The second-order valence-electron chi connectivity index (χ2n) is 3.64. The van der Waals surface area contributed by atoms with Crippen LogP contribution in [0, 0.1) is 18.6 Å². The molecule has 0 amide bonds. The molecule has 0 spiro atoms. The molecule has 18 heavy (non-hydrogen) atoms. The summed E-state index contributed by atoms with van der Waals surface area (Å²) in [7, 11) is 0. The quantitative estimate of drug-likeness (QED) is 0.791. The molecule has 0 aliphatic carbocycles. The van der Waals surface area contributed by atoms with Gasteiger partial charge in [-0.05, 0) is 19.1 Å². The van der Waals surface area contributed by atoms with E-state index in [1.807, 2.05) is 4.98 Å². The molecule has 0 unspecified atom stereocenters. The van der Waals surface area contributed by atoms with E-state index in [1.165, 1.54) is 6.92 Å². The summed E-state index contributed by atoms with van der Waals surface area (Å²) in [6.45, 7) is 1.25. The number of nitrogens with zero attached hydrogens (tertiary/aromatic N) is 1. The van der Waals surface area contributed by atoms with Crippen LogP contribution in [0.1, 0.15) is 5.56 Å². The van der Waals surface area contributed by atoms with E-state index in [4.69, 9.17) is 0 Å². The van der Waals surface area contributed by atoms with Crippen LogP contribution in [0.15, 0.2) is 27.8 Å². The fourth-order valence-corrected chi connectivity index (χ4v) is 1.49. The summed E-state index contributed by atoms with van der Waals surface area (Å²) < 4.78 is 27.1. The van der Waals surface area contributed by atoms with E-state index in [9.17, 15) is 23.5 Å². The van der Waals surface area contributed by atoms with Crippen LogP contribution in [0.25, 0.3) is 5.69 Å². The highest BCUT2D eigenvalue weighted by atomic mass is 19.1. The number of aromatic nitrogens is 2. The first-order valence-corrected chi connectivity index (χ1v) is 4.92. The van der Waals surface area contributed by atoms with Crippen LogP contribution < -0.4 is 11.2 Å². The Labute approximate surface area is 99.0 Å². The number of nitrogens with one attached hydrogen (secondary N) is 1. The van der Waals surface area contributed by atoms with Crippen LogP contribution in [-0.4, -0.2) is 14.7 Å². The number of H-pyrrole nitrogens is 1. The minimum atomic E-state index is -1.05. The minimum absolute atomic E-state index is 0.168. The first kappa shape index (κ1) is 12.0. The number of aromatic hydroxyl groups is 1. The summed E-state index contributed by atoms with van der Waals surface area (Å²) in [6, 6.07) is 2.44. The molecule has 1 heterocycles. The molecule has 7 heteroatoms. The standard InChI is InChI=1S/C11H8F2N2O3/c1-5-9(16)14-11(18)15(10(5)17)8-4-6(12)2-3-7(8)13/h2-4,17H,1H3,(H,14,16,18). The van der Waals surface area contributed by atoms with Crippen LogP contribution in [0.2, 0.25) is 0 Å². The van der Waals surface area contributed by atoms with Gasteiger partial charge in [-0.15, -0.1) is 0 Å². The smallest absolute Gasteiger partial charge is 0.335 e. The molecule has 0 atom stereocenters. The molecule has 2 aromatic rings. The van der Waals surface area contributed by atoms with Crippen molar-refractivity contribution >= 4 is 0 Å². The van der Waals surface area contributed by atoms with E-state index in [-0.39, 0.29) is 5.56 Å². The lowest BCUT2D eigenvalue weighted by Crippen LogP contribution is -2.30. The van der Waals surface area contributed by atoms with Gasteiger partial charge in [0.15, 0.2) is 0 Å². The van der Waals surface area contributed by atoms with Crippen LogP contribution in [0.3, 0.4) is 0 Å². The highest BCUT2D eigenvalue weighted by Gasteiger charge is 2.15. The van der Waals surface area contributed by atoms with Gasteiger partial charge in [0.25, 0.3) is 5.56 Å². The van der Waals surface area contributed by atoms with E-state index in [1.54, 1.807) is 0 Å². The van der Waals surface area contributed by atoms with Gasteiger partial charge in [0.1, 0.15) is 11.6 Å². The van der Waals surface area contributed by atoms with E-state index >= 15 is 0 Å². The molecule has 1 aromatic heterocycles. The third kappa shape index (κ3) is 1.79. The van der Waals surface area contributed by atoms with E-state index in [2.05, 4.69) is 0 Å². The highest BCUT2D eigenvalue weighted by molar-refractivity contribution is 5.39. The molecule has 94 valence electrons. The molecule has 0 saturated carbocycles. The first-order chi connectivity index (χ1) is 8.41. The van der Waals surface area contributed by atoms with Crippen LogP contribution in [-0.2, 0) is 0 Å².